The fourth-order valence-corrected chi connectivity index (χ4v) is 3.04. The molecule has 12 heteroatoms. The average Bonchev–Trinajstić information content (AvgIpc) is 3.54. The van der Waals surface area contributed by atoms with E-state index in [9.17, 15) is 18.4 Å². The summed E-state index contributed by atoms with van der Waals surface area (Å²) in [7, 11) is 0. The van der Waals surface area contributed by atoms with Crippen LogP contribution in [0.15, 0.2) is 91.8 Å². The van der Waals surface area contributed by atoms with Gasteiger partial charge in [-0.25, -0.2) is 8.78 Å². The molecule has 0 unspecified atom stereocenters. The molecule has 4 rings (SSSR count). The van der Waals surface area contributed by atoms with Crippen LogP contribution < -0.4 is 22.1 Å². The monoisotopic (exact) mass is 492 g/mol. The summed E-state index contributed by atoms with van der Waals surface area (Å²) in [6, 6.07) is 17.2. The Bertz CT molecular complexity index is 1490. The van der Waals surface area contributed by atoms with Crippen molar-refractivity contribution in [3.05, 3.63) is 96.0 Å². The van der Waals surface area contributed by atoms with Crippen LogP contribution in [0.2, 0.25) is 0 Å². The van der Waals surface area contributed by atoms with Crippen molar-refractivity contribution in [3.8, 4) is 22.6 Å². The van der Waals surface area contributed by atoms with Crippen molar-refractivity contribution < 1.29 is 27.2 Å². The molecule has 36 heavy (non-hydrogen) atoms. The van der Waals surface area contributed by atoms with Gasteiger partial charge < -0.3 is 20.3 Å². The highest BCUT2D eigenvalue weighted by atomic mass is 19.1. The Morgan fingerprint density at radius 2 is 1.31 bits per heavy atom. The molecule has 0 aliphatic rings. The smallest absolute Gasteiger partial charge is 0.293 e. The van der Waals surface area contributed by atoms with Crippen molar-refractivity contribution >= 4 is 23.7 Å². The van der Waals surface area contributed by atoms with Gasteiger partial charge in [0.25, 0.3) is 11.8 Å². The molecule has 0 atom stereocenters. The maximum Gasteiger partial charge on any atom is 0.293 e. The van der Waals surface area contributed by atoms with Crippen molar-refractivity contribution in [1.82, 2.24) is 10.6 Å². The summed E-state index contributed by atoms with van der Waals surface area (Å²) in [6.45, 7) is 0. The van der Waals surface area contributed by atoms with Crippen LogP contribution in [0.25, 0.3) is 22.6 Å². The second kappa shape index (κ2) is 10.3. The van der Waals surface area contributed by atoms with Crippen molar-refractivity contribution in [3.63, 3.8) is 0 Å². The summed E-state index contributed by atoms with van der Waals surface area (Å²) in [5, 5.41) is 11.5. The molecule has 182 valence electrons. The lowest BCUT2D eigenvalue weighted by atomic mass is 10.1. The number of amides is 2. The third-order valence-electron chi connectivity index (χ3n) is 4.66. The number of carbonyl (C=O) groups is 2. The minimum atomic E-state index is -0.767. The van der Waals surface area contributed by atoms with Gasteiger partial charge in [0.05, 0.1) is 5.56 Å². The van der Waals surface area contributed by atoms with E-state index in [0.29, 0.717) is 5.56 Å². The van der Waals surface area contributed by atoms with Crippen LogP contribution in [-0.4, -0.2) is 23.7 Å². The Hall–Kier alpha value is -5.26. The molecular weight excluding hydrogens is 474 g/mol. The predicted octanol–water partition coefficient (Wildman–Crippen LogP) is 3.19. The first-order valence-corrected chi connectivity index (χ1v) is 10.3. The van der Waals surface area contributed by atoms with Crippen LogP contribution in [0.4, 0.5) is 8.78 Å². The van der Waals surface area contributed by atoms with Crippen LogP contribution in [-0.2, 0) is 0 Å². The Morgan fingerprint density at radius 3 is 1.92 bits per heavy atom. The molecule has 0 bridgehead atoms. The summed E-state index contributed by atoms with van der Waals surface area (Å²) in [6.07, 6.45) is 0. The van der Waals surface area contributed by atoms with Gasteiger partial charge in [-0.15, -0.1) is 10.2 Å². The Morgan fingerprint density at radius 1 is 0.722 bits per heavy atom. The lowest BCUT2D eigenvalue weighted by molar-refractivity contribution is 0.0942. The highest BCUT2D eigenvalue weighted by Gasteiger charge is 2.16. The van der Waals surface area contributed by atoms with E-state index < -0.39 is 35.4 Å². The number of nitrogens with two attached hydrogens (primary N) is 2. The molecule has 4 aromatic rings. The zero-order chi connectivity index (χ0) is 25.7. The molecule has 10 nitrogen and oxygen atoms in total. The number of nitrogens with zero attached hydrogens (tertiary/aromatic N) is 2. The van der Waals surface area contributed by atoms with E-state index in [1.165, 1.54) is 60.7 Å². The zero-order valence-corrected chi connectivity index (χ0v) is 18.4. The molecule has 0 radical (unpaired) electrons. The molecule has 0 fully saturated rings. The van der Waals surface area contributed by atoms with Gasteiger partial charge in [0, 0.05) is 5.56 Å². The van der Waals surface area contributed by atoms with E-state index in [1.54, 1.807) is 12.1 Å². The Balaban J connectivity index is 1.35. The number of hydrogen-bond acceptors (Lipinski definition) is 6. The summed E-state index contributed by atoms with van der Waals surface area (Å²) in [5.41, 5.74) is 11.9. The van der Waals surface area contributed by atoms with E-state index in [0.717, 1.165) is 0 Å². The highest BCUT2D eigenvalue weighted by Crippen LogP contribution is 2.25. The van der Waals surface area contributed by atoms with E-state index >= 15 is 0 Å². The van der Waals surface area contributed by atoms with Gasteiger partial charge in [0.15, 0.2) is 11.5 Å². The number of rotatable bonds is 5. The molecule has 2 aromatic heterocycles. The normalized spacial score (nSPS) is 11.8. The topological polar surface area (TPSA) is 161 Å². The maximum absolute atomic E-state index is 13.9. The van der Waals surface area contributed by atoms with Gasteiger partial charge in [-0.05, 0) is 48.5 Å². The minimum absolute atomic E-state index is 0.110. The first-order valence-electron chi connectivity index (χ1n) is 10.3. The second-order valence-electron chi connectivity index (χ2n) is 7.20. The number of carbonyl (C=O) groups excluding carboxylic acids is 2. The van der Waals surface area contributed by atoms with Crippen LogP contribution in [0.1, 0.15) is 21.1 Å². The SMILES string of the molecule is NC(=NN=C(N)NC(=O)c1ccc(-c2ccccc2F)o1)NC(=O)c1ccc(-c2cccc(F)c2)o1. The number of halogens is 2. The minimum Gasteiger partial charge on any atom is -0.451 e. The van der Waals surface area contributed by atoms with Gasteiger partial charge in [-0.2, -0.15) is 0 Å². The molecule has 0 aliphatic carbocycles. The van der Waals surface area contributed by atoms with Gasteiger partial charge in [0.1, 0.15) is 23.2 Å². The number of benzene rings is 2. The van der Waals surface area contributed by atoms with E-state index in [2.05, 4.69) is 20.8 Å². The number of hydrogen-bond donors (Lipinski definition) is 4. The molecule has 0 spiro atoms. The van der Waals surface area contributed by atoms with Crippen molar-refractivity contribution in [2.24, 2.45) is 21.7 Å². The average molecular weight is 492 g/mol. The van der Waals surface area contributed by atoms with Crippen molar-refractivity contribution in [1.29, 1.82) is 0 Å². The third kappa shape index (κ3) is 5.62. The molecule has 0 saturated carbocycles. The number of furan rings is 2. The van der Waals surface area contributed by atoms with E-state index in [-0.39, 0.29) is 28.6 Å². The molecule has 2 heterocycles. The molecule has 2 aromatic carbocycles. The number of nitrogens with one attached hydrogen (secondary N) is 2. The largest absolute Gasteiger partial charge is 0.451 e. The zero-order valence-electron chi connectivity index (χ0n) is 18.4. The van der Waals surface area contributed by atoms with Crippen molar-refractivity contribution in [2.75, 3.05) is 0 Å². The van der Waals surface area contributed by atoms with Crippen LogP contribution in [0, 0.1) is 11.6 Å². The highest BCUT2D eigenvalue weighted by molar-refractivity contribution is 6.05. The van der Waals surface area contributed by atoms with Crippen LogP contribution in [0.5, 0.6) is 0 Å². The molecular formula is C24H18F2N6O4. The lowest BCUT2D eigenvalue weighted by Gasteiger charge is -2.02. The Kier molecular flexibility index (Phi) is 6.86. The van der Waals surface area contributed by atoms with Crippen LogP contribution in [0.3, 0.4) is 0 Å². The lowest BCUT2D eigenvalue weighted by Crippen LogP contribution is -2.38. The van der Waals surface area contributed by atoms with Gasteiger partial charge >= 0.3 is 0 Å². The van der Waals surface area contributed by atoms with Crippen molar-refractivity contribution in [2.45, 2.75) is 0 Å². The van der Waals surface area contributed by atoms with Crippen LogP contribution >= 0.6 is 0 Å². The molecule has 0 saturated heterocycles. The van der Waals surface area contributed by atoms with Gasteiger partial charge in [-0.1, -0.05) is 24.3 Å². The number of guanidine groups is 2. The predicted molar refractivity (Wildman–Crippen MR) is 126 cm³/mol. The second-order valence-corrected chi connectivity index (χ2v) is 7.20. The van der Waals surface area contributed by atoms with E-state index in [1.807, 2.05) is 0 Å². The standard InChI is InChI=1S/C24H18F2N6O4/c25-14-5-3-4-13(12-14)17-8-10-19(35-17)21(33)29-23(27)31-32-24(28)30-22(34)20-11-9-18(36-20)15-6-1-2-7-16(15)26/h1-12H,(H3,27,29,31,33)(H3,28,30,32,34). The fraction of sp³-hybridized carbons (Fsp3) is 0. The Labute approximate surface area is 202 Å². The molecule has 0 aliphatic heterocycles. The molecule has 6 N–H and O–H groups in total. The summed E-state index contributed by atoms with van der Waals surface area (Å²) in [5.74, 6) is -3.20. The fourth-order valence-electron chi connectivity index (χ4n) is 3.04. The third-order valence-corrected chi connectivity index (χ3v) is 4.66. The summed E-state index contributed by atoms with van der Waals surface area (Å²) in [4.78, 5) is 24.6. The van der Waals surface area contributed by atoms with Gasteiger partial charge in [0.2, 0.25) is 11.9 Å². The van der Waals surface area contributed by atoms with Gasteiger partial charge in [-0.3, -0.25) is 20.2 Å². The summed E-state index contributed by atoms with van der Waals surface area (Å²) < 4.78 is 38.1. The quantitative estimate of drug-likeness (QED) is 0.190. The summed E-state index contributed by atoms with van der Waals surface area (Å²) >= 11 is 0. The first-order chi connectivity index (χ1) is 17.3. The van der Waals surface area contributed by atoms with E-state index in [4.69, 9.17) is 20.3 Å². The first kappa shape index (κ1) is 23.9. The maximum atomic E-state index is 13.9. The molecule has 2 amide bonds.